The van der Waals surface area contributed by atoms with Gasteiger partial charge in [-0.15, -0.1) is 0 Å². The quantitative estimate of drug-likeness (QED) is 0.671. The van der Waals surface area contributed by atoms with Crippen LogP contribution in [0.2, 0.25) is 0 Å². The van der Waals surface area contributed by atoms with E-state index in [2.05, 4.69) is 12.2 Å². The van der Waals surface area contributed by atoms with Crippen LogP contribution in [0, 0.1) is 5.92 Å². The number of carbonyl (C=O) groups is 1. The molecular formula is C9H17NO2. The lowest BCUT2D eigenvalue weighted by Gasteiger charge is -2.26. The zero-order chi connectivity index (χ0) is 8.97. The lowest BCUT2D eigenvalue weighted by atomic mass is 9.86. The van der Waals surface area contributed by atoms with Crippen LogP contribution in [0.5, 0.6) is 0 Å². The van der Waals surface area contributed by atoms with E-state index in [-0.39, 0.29) is 5.92 Å². The molecule has 1 saturated carbocycles. The Hall–Kier alpha value is -0.570. The fourth-order valence-electron chi connectivity index (χ4n) is 1.83. The van der Waals surface area contributed by atoms with Crippen LogP contribution in [-0.4, -0.2) is 23.7 Å². The minimum Gasteiger partial charge on any atom is -0.481 e. The van der Waals surface area contributed by atoms with E-state index >= 15 is 0 Å². The predicted molar refractivity (Wildman–Crippen MR) is 47.1 cm³/mol. The molecule has 70 valence electrons. The summed E-state index contributed by atoms with van der Waals surface area (Å²) < 4.78 is 0. The van der Waals surface area contributed by atoms with Crippen LogP contribution in [0.1, 0.15) is 32.6 Å². The van der Waals surface area contributed by atoms with Gasteiger partial charge in [-0.25, -0.2) is 0 Å². The van der Waals surface area contributed by atoms with Crippen molar-refractivity contribution in [2.75, 3.05) is 6.54 Å². The van der Waals surface area contributed by atoms with Gasteiger partial charge in [-0.1, -0.05) is 6.92 Å². The first-order valence-corrected chi connectivity index (χ1v) is 4.70. The van der Waals surface area contributed by atoms with E-state index in [1.165, 1.54) is 0 Å². The average molecular weight is 171 g/mol. The molecule has 0 atom stereocenters. The number of nitrogens with one attached hydrogen (secondary N) is 1. The summed E-state index contributed by atoms with van der Waals surface area (Å²) in [6, 6.07) is 0.561. The molecule has 0 spiro atoms. The molecule has 1 rings (SSSR count). The molecule has 0 heterocycles. The van der Waals surface area contributed by atoms with Gasteiger partial charge in [0.1, 0.15) is 0 Å². The Balaban J connectivity index is 2.25. The molecule has 1 aliphatic carbocycles. The molecule has 0 amide bonds. The second kappa shape index (κ2) is 4.45. The molecule has 0 aromatic rings. The molecule has 3 nitrogen and oxygen atoms in total. The van der Waals surface area contributed by atoms with Gasteiger partial charge in [0.2, 0.25) is 0 Å². The zero-order valence-corrected chi connectivity index (χ0v) is 7.55. The van der Waals surface area contributed by atoms with Crippen molar-refractivity contribution >= 4 is 5.97 Å². The molecular weight excluding hydrogens is 154 g/mol. The van der Waals surface area contributed by atoms with Gasteiger partial charge in [-0.05, 0) is 32.2 Å². The number of aliphatic carboxylic acids is 1. The van der Waals surface area contributed by atoms with Crippen molar-refractivity contribution in [3.05, 3.63) is 0 Å². The van der Waals surface area contributed by atoms with E-state index in [0.29, 0.717) is 6.04 Å². The number of carboxylic acid groups (broad SMARTS) is 1. The SMILES string of the molecule is CCN[C@H]1CC[C@H](C(=O)O)CC1. The van der Waals surface area contributed by atoms with E-state index in [1.807, 2.05) is 0 Å². The van der Waals surface area contributed by atoms with E-state index in [9.17, 15) is 4.79 Å². The van der Waals surface area contributed by atoms with E-state index in [0.717, 1.165) is 32.2 Å². The molecule has 3 heteroatoms. The third kappa shape index (κ3) is 2.48. The highest BCUT2D eigenvalue weighted by Crippen LogP contribution is 2.24. The Kier molecular flexibility index (Phi) is 3.53. The smallest absolute Gasteiger partial charge is 0.306 e. The average Bonchev–Trinajstić information content (AvgIpc) is 2.06. The first-order chi connectivity index (χ1) is 5.74. The minimum atomic E-state index is -0.620. The summed E-state index contributed by atoms with van der Waals surface area (Å²) in [7, 11) is 0. The molecule has 12 heavy (non-hydrogen) atoms. The van der Waals surface area contributed by atoms with Crippen molar-refractivity contribution in [1.82, 2.24) is 5.32 Å². The summed E-state index contributed by atoms with van der Waals surface area (Å²) in [6.45, 7) is 3.08. The third-order valence-corrected chi connectivity index (χ3v) is 2.57. The molecule has 2 N–H and O–H groups in total. The standard InChI is InChI=1S/C9H17NO2/c1-2-10-8-5-3-7(4-6-8)9(11)12/h7-8,10H,2-6H2,1H3,(H,11,12)/t7-,8-. The van der Waals surface area contributed by atoms with Gasteiger partial charge in [0.05, 0.1) is 5.92 Å². The first-order valence-electron chi connectivity index (χ1n) is 4.70. The van der Waals surface area contributed by atoms with Crippen LogP contribution in [0.25, 0.3) is 0 Å². The summed E-state index contributed by atoms with van der Waals surface area (Å²) in [5.41, 5.74) is 0. The molecule has 0 bridgehead atoms. The number of carboxylic acids is 1. The monoisotopic (exact) mass is 171 g/mol. The Bertz CT molecular complexity index is 151. The topological polar surface area (TPSA) is 49.3 Å². The molecule has 0 aliphatic heterocycles. The predicted octanol–water partition coefficient (Wildman–Crippen LogP) is 1.24. The summed E-state index contributed by atoms with van der Waals surface area (Å²) >= 11 is 0. The summed E-state index contributed by atoms with van der Waals surface area (Å²) in [4.78, 5) is 10.6. The van der Waals surface area contributed by atoms with Gasteiger partial charge in [0.15, 0.2) is 0 Å². The van der Waals surface area contributed by atoms with Gasteiger partial charge < -0.3 is 10.4 Å². The van der Waals surface area contributed by atoms with E-state index in [1.54, 1.807) is 0 Å². The number of hydrogen-bond donors (Lipinski definition) is 2. The molecule has 0 saturated heterocycles. The molecule has 1 fully saturated rings. The largest absolute Gasteiger partial charge is 0.481 e. The minimum absolute atomic E-state index is 0.0834. The normalized spacial score (nSPS) is 30.1. The van der Waals surface area contributed by atoms with Crippen molar-refractivity contribution in [3.8, 4) is 0 Å². The van der Waals surface area contributed by atoms with E-state index < -0.39 is 5.97 Å². The van der Waals surface area contributed by atoms with Crippen LogP contribution in [0.3, 0.4) is 0 Å². The Morgan fingerprint density at radius 1 is 1.42 bits per heavy atom. The van der Waals surface area contributed by atoms with Gasteiger partial charge >= 0.3 is 5.97 Å². The van der Waals surface area contributed by atoms with Crippen molar-refractivity contribution < 1.29 is 9.90 Å². The second-order valence-electron chi connectivity index (χ2n) is 3.44. The highest BCUT2D eigenvalue weighted by atomic mass is 16.4. The van der Waals surface area contributed by atoms with Crippen LogP contribution >= 0.6 is 0 Å². The van der Waals surface area contributed by atoms with Crippen molar-refractivity contribution in [3.63, 3.8) is 0 Å². The maximum Gasteiger partial charge on any atom is 0.306 e. The van der Waals surface area contributed by atoms with Crippen molar-refractivity contribution in [2.45, 2.75) is 38.6 Å². The van der Waals surface area contributed by atoms with Crippen molar-refractivity contribution in [1.29, 1.82) is 0 Å². The fraction of sp³-hybridized carbons (Fsp3) is 0.889. The zero-order valence-electron chi connectivity index (χ0n) is 7.55. The fourth-order valence-corrected chi connectivity index (χ4v) is 1.83. The molecule has 0 radical (unpaired) electrons. The summed E-state index contributed by atoms with van der Waals surface area (Å²) in [5, 5.41) is 12.1. The van der Waals surface area contributed by atoms with Gasteiger partial charge in [0, 0.05) is 6.04 Å². The Morgan fingerprint density at radius 3 is 2.42 bits per heavy atom. The second-order valence-corrected chi connectivity index (χ2v) is 3.44. The van der Waals surface area contributed by atoms with Crippen molar-refractivity contribution in [2.24, 2.45) is 5.92 Å². The summed E-state index contributed by atoms with van der Waals surface area (Å²) in [6.07, 6.45) is 3.72. The molecule has 0 unspecified atom stereocenters. The van der Waals surface area contributed by atoms with Gasteiger partial charge in [-0.3, -0.25) is 4.79 Å². The van der Waals surface area contributed by atoms with Gasteiger partial charge in [0.25, 0.3) is 0 Å². The van der Waals surface area contributed by atoms with Crippen LogP contribution in [0.4, 0.5) is 0 Å². The molecule has 0 aromatic heterocycles. The first kappa shape index (κ1) is 9.52. The Labute approximate surface area is 73.2 Å². The number of rotatable bonds is 3. The maximum absolute atomic E-state index is 10.6. The lowest BCUT2D eigenvalue weighted by Crippen LogP contribution is -2.34. The third-order valence-electron chi connectivity index (χ3n) is 2.57. The van der Waals surface area contributed by atoms with Crippen LogP contribution in [0.15, 0.2) is 0 Å². The summed E-state index contributed by atoms with van der Waals surface area (Å²) in [5.74, 6) is -0.704. The number of hydrogen-bond acceptors (Lipinski definition) is 2. The highest BCUT2D eigenvalue weighted by Gasteiger charge is 2.24. The maximum atomic E-state index is 10.6. The molecule has 1 aliphatic rings. The highest BCUT2D eigenvalue weighted by molar-refractivity contribution is 5.70. The van der Waals surface area contributed by atoms with Crippen LogP contribution in [-0.2, 0) is 4.79 Å². The van der Waals surface area contributed by atoms with Crippen LogP contribution < -0.4 is 5.32 Å². The Morgan fingerprint density at radius 2 is 2.00 bits per heavy atom. The van der Waals surface area contributed by atoms with E-state index in [4.69, 9.17) is 5.11 Å². The van der Waals surface area contributed by atoms with Gasteiger partial charge in [-0.2, -0.15) is 0 Å². The lowest BCUT2D eigenvalue weighted by molar-refractivity contribution is -0.142. The molecule has 0 aromatic carbocycles.